The Kier molecular flexibility index (Phi) is 10.5. The molecular weight excluding hydrogens is 765 g/mol. The molecule has 3 N–H and O–H groups in total. The molecule has 18 heteroatoms. The summed E-state index contributed by atoms with van der Waals surface area (Å²) in [7, 11) is 1.66. The van der Waals surface area contributed by atoms with Crippen LogP contribution in [0.2, 0.25) is 0 Å². The van der Waals surface area contributed by atoms with Crippen molar-refractivity contribution in [3.05, 3.63) is 70.2 Å². The highest BCUT2D eigenvalue weighted by Gasteiger charge is 2.40. The van der Waals surface area contributed by atoms with Crippen molar-refractivity contribution in [1.29, 1.82) is 0 Å². The van der Waals surface area contributed by atoms with Gasteiger partial charge in [-0.3, -0.25) is 33.5 Å². The van der Waals surface area contributed by atoms with Crippen LogP contribution in [0.4, 0.5) is 20.3 Å². The van der Waals surface area contributed by atoms with Gasteiger partial charge in [-0.05, 0) is 82.2 Å². The Morgan fingerprint density at radius 2 is 1.95 bits per heavy atom. The zero-order valence-electron chi connectivity index (χ0n) is 32.6. The van der Waals surface area contributed by atoms with Crippen LogP contribution in [-0.2, 0) is 21.4 Å². The molecule has 4 aliphatic rings. The molecule has 4 fully saturated rings. The second kappa shape index (κ2) is 16.0. The fourth-order valence-electron chi connectivity index (χ4n) is 9.05. The first-order chi connectivity index (χ1) is 28.6. The van der Waals surface area contributed by atoms with Gasteiger partial charge in [0, 0.05) is 38.8 Å². The number of aryl methyl sites for hydroxylation is 1. The number of nitrogens with zero attached hydrogens (tertiary/aromatic N) is 8. The molecule has 3 atom stereocenters. The molecule has 0 radical (unpaired) electrons. The molecule has 59 heavy (non-hydrogen) atoms. The number of ether oxygens (including phenoxy) is 1. The number of carbonyl (C=O) groups is 3. The van der Waals surface area contributed by atoms with Gasteiger partial charge in [0.2, 0.25) is 11.8 Å². The highest BCUT2D eigenvalue weighted by molar-refractivity contribution is 6.08. The van der Waals surface area contributed by atoms with Crippen molar-refractivity contribution < 1.29 is 27.9 Å². The second-order valence-corrected chi connectivity index (χ2v) is 15.9. The van der Waals surface area contributed by atoms with Crippen molar-refractivity contribution in [3.8, 4) is 11.8 Å². The maximum atomic E-state index is 14.2. The third-order valence-electron chi connectivity index (χ3n) is 12.1. The third-order valence-corrected chi connectivity index (χ3v) is 12.1. The van der Waals surface area contributed by atoms with Crippen molar-refractivity contribution in [2.45, 2.75) is 88.4 Å². The third kappa shape index (κ3) is 7.48. The number of hydrogen-bond donors (Lipinski definition) is 3. The molecule has 0 spiro atoms. The van der Waals surface area contributed by atoms with Gasteiger partial charge in [0.05, 0.1) is 53.3 Å². The number of hydrogen-bond acceptors (Lipinski definition) is 10. The van der Waals surface area contributed by atoms with Gasteiger partial charge >= 0.3 is 5.69 Å². The summed E-state index contributed by atoms with van der Waals surface area (Å²) in [4.78, 5) is 57.8. The summed E-state index contributed by atoms with van der Waals surface area (Å²) in [6, 6.07) is 6.75. The molecule has 16 nitrogen and oxygen atoms in total. The lowest BCUT2D eigenvalue weighted by Crippen LogP contribution is -2.44. The largest absolute Gasteiger partial charge is 0.374 e. The van der Waals surface area contributed by atoms with Gasteiger partial charge in [-0.25, -0.2) is 23.1 Å². The normalized spacial score (nSPS) is 23.0. The number of piperidine rings is 1. The first-order valence-electron chi connectivity index (χ1n) is 20.3. The van der Waals surface area contributed by atoms with Crippen LogP contribution in [0.3, 0.4) is 0 Å². The lowest BCUT2D eigenvalue weighted by atomic mass is 9.86. The summed E-state index contributed by atoms with van der Waals surface area (Å²) in [6.07, 6.45) is 8.20. The Morgan fingerprint density at radius 1 is 1.10 bits per heavy atom. The molecule has 4 aromatic heterocycles. The lowest BCUT2D eigenvalue weighted by Gasteiger charge is -2.28. The summed E-state index contributed by atoms with van der Waals surface area (Å²) in [5.41, 5.74) is 1.68. The average Bonchev–Trinajstić information content (AvgIpc) is 4.08. The van der Waals surface area contributed by atoms with Crippen molar-refractivity contribution in [1.82, 2.24) is 44.1 Å². The Hall–Kier alpha value is -5.93. The van der Waals surface area contributed by atoms with E-state index in [1.54, 1.807) is 24.0 Å². The van der Waals surface area contributed by atoms with Crippen LogP contribution in [0.1, 0.15) is 97.9 Å². The highest BCUT2D eigenvalue weighted by atomic mass is 19.3. The molecule has 308 valence electrons. The number of unbranched alkanes of at least 4 members (excludes halogenated alkanes) is 1. The van der Waals surface area contributed by atoms with E-state index in [2.05, 4.69) is 42.9 Å². The zero-order chi connectivity index (χ0) is 40.8. The number of morpholine rings is 1. The van der Waals surface area contributed by atoms with Crippen molar-refractivity contribution >= 4 is 45.9 Å². The molecule has 7 heterocycles. The molecule has 1 aromatic carbocycles. The number of nitrogens with one attached hydrogen (secondary N) is 3. The monoisotopic (exact) mass is 809 g/mol. The molecule has 1 saturated carbocycles. The molecule has 9 rings (SSSR count). The minimum atomic E-state index is -2.87. The average molecular weight is 810 g/mol. The molecule has 3 saturated heterocycles. The smallest absolute Gasteiger partial charge is 0.329 e. The fraction of sp³-hybridized carbons (Fsp3) is 0.488. The van der Waals surface area contributed by atoms with Crippen molar-refractivity contribution in [3.63, 3.8) is 0 Å². The standard InChI is InChI=1S/C41H45F2N11O5/c1-50-36-25(7-5-8-31(36)54(41(50)58)32-13-14-34(55)48-40(32)57)6-3-2-4-16-44-19-24-9-11-26(12-10-24)53-22-30(35(49-53)37(42)43)46-39(56)29-20-45-52-17-15-33(47-38(29)52)51-21-28-18-27(51)23-59-28/h5,7-8,15,17,20,22,24,26-28,32,37,44H,2,4,9-14,16,18-19,21,23H2,1H3,(H,46,56)(H,48,55,57)/t24-,26-,27?,28-,32?/m1/s1. The quantitative estimate of drug-likeness (QED) is 0.101. The number of alkyl halides is 2. The Labute approximate surface area is 337 Å². The molecule has 2 bridgehead atoms. The Bertz CT molecular complexity index is 2560. The van der Waals surface area contributed by atoms with E-state index in [4.69, 9.17) is 9.72 Å². The Morgan fingerprint density at radius 3 is 2.71 bits per heavy atom. The van der Waals surface area contributed by atoms with Gasteiger partial charge in [0.25, 0.3) is 12.3 Å². The number of imide groups is 1. The SMILES string of the molecule is Cn1c(=O)n(C2CCC(=O)NC2=O)c2cccc(C#CCCCNC[C@H]3CC[C@H](n4cc(NC(=O)c5cnn6ccc(N7C[C@H]8CC7CO8)nc56)c(C(F)F)n4)CC3)c21. The number of carbonyl (C=O) groups excluding carboxylic acids is 3. The van der Waals surface area contributed by atoms with Crippen LogP contribution in [0.5, 0.6) is 0 Å². The van der Waals surface area contributed by atoms with E-state index in [1.807, 2.05) is 18.2 Å². The van der Waals surface area contributed by atoms with E-state index in [0.717, 1.165) is 64.0 Å². The molecule has 3 aliphatic heterocycles. The van der Waals surface area contributed by atoms with Crippen LogP contribution in [0.25, 0.3) is 16.7 Å². The predicted molar refractivity (Wildman–Crippen MR) is 212 cm³/mol. The number of amides is 3. The molecule has 1 aliphatic carbocycles. The lowest BCUT2D eigenvalue weighted by molar-refractivity contribution is -0.135. The molecule has 2 unspecified atom stereocenters. The second-order valence-electron chi connectivity index (χ2n) is 15.9. The van der Waals surface area contributed by atoms with Crippen molar-refractivity contribution in [2.24, 2.45) is 13.0 Å². The van der Waals surface area contributed by atoms with Gasteiger partial charge in [0.1, 0.15) is 17.4 Å². The number of para-hydroxylation sites is 1. The number of imidazole rings is 1. The number of benzene rings is 1. The topological polar surface area (TPSA) is 175 Å². The summed E-state index contributed by atoms with van der Waals surface area (Å²) in [5, 5.41) is 17.1. The van der Waals surface area contributed by atoms with Crippen LogP contribution in [-0.4, -0.2) is 89.6 Å². The van der Waals surface area contributed by atoms with Crippen molar-refractivity contribution in [2.75, 3.05) is 36.5 Å². The maximum absolute atomic E-state index is 14.2. The summed E-state index contributed by atoms with van der Waals surface area (Å²) in [5.74, 6) is 6.21. The minimum absolute atomic E-state index is 0.0206. The van der Waals surface area contributed by atoms with Crippen LogP contribution < -0.4 is 26.5 Å². The predicted octanol–water partition coefficient (Wildman–Crippen LogP) is 3.88. The first kappa shape index (κ1) is 38.6. The highest BCUT2D eigenvalue weighted by Crippen LogP contribution is 2.36. The molecular formula is C41H45F2N11O5. The van der Waals surface area contributed by atoms with Gasteiger partial charge < -0.3 is 20.3 Å². The maximum Gasteiger partial charge on any atom is 0.329 e. The van der Waals surface area contributed by atoms with E-state index >= 15 is 0 Å². The van der Waals surface area contributed by atoms with E-state index in [1.165, 1.54) is 26.0 Å². The Balaban J connectivity index is 0.758. The number of rotatable bonds is 11. The van der Waals surface area contributed by atoms with E-state index < -0.39 is 30.0 Å². The van der Waals surface area contributed by atoms with Crippen LogP contribution in [0.15, 0.2) is 47.7 Å². The number of fused-ring (bicyclic) bond motifs is 4. The van der Waals surface area contributed by atoms with Gasteiger partial charge in [0.15, 0.2) is 11.3 Å². The number of anilines is 2. The van der Waals surface area contributed by atoms with Crippen LogP contribution in [0, 0.1) is 17.8 Å². The van der Waals surface area contributed by atoms with Gasteiger partial charge in [-0.15, -0.1) is 0 Å². The van der Waals surface area contributed by atoms with Gasteiger partial charge in [-0.1, -0.05) is 17.9 Å². The number of aromatic nitrogens is 7. The van der Waals surface area contributed by atoms with Crippen LogP contribution >= 0.6 is 0 Å². The van der Waals surface area contributed by atoms with E-state index in [9.17, 15) is 28.0 Å². The minimum Gasteiger partial charge on any atom is -0.374 e. The summed E-state index contributed by atoms with van der Waals surface area (Å²) >= 11 is 0. The fourth-order valence-corrected chi connectivity index (χ4v) is 9.05. The zero-order valence-corrected chi connectivity index (χ0v) is 32.6. The summed E-state index contributed by atoms with van der Waals surface area (Å²) < 4.78 is 40.2. The van der Waals surface area contributed by atoms with E-state index in [-0.39, 0.29) is 53.9 Å². The molecule has 5 aromatic rings. The van der Waals surface area contributed by atoms with E-state index in [0.29, 0.717) is 41.2 Å². The first-order valence-corrected chi connectivity index (χ1v) is 20.3. The molecule has 3 amide bonds. The van der Waals surface area contributed by atoms with Gasteiger partial charge in [-0.2, -0.15) is 10.2 Å². The number of halogens is 2. The summed E-state index contributed by atoms with van der Waals surface area (Å²) in [6.45, 7) is 2.98.